The van der Waals surface area contributed by atoms with E-state index in [-0.39, 0.29) is 24.0 Å². The fraction of sp³-hybridized carbons (Fsp3) is 0. The standard InChI is InChI=1S/2C5H4N.Fe.I/c2*1-2-4-6-5-3-1;;/h2*1-4H;;. The van der Waals surface area contributed by atoms with Crippen molar-refractivity contribution in [1.29, 1.82) is 0 Å². The van der Waals surface area contributed by atoms with Gasteiger partial charge in [-0.25, -0.2) is 0 Å². The van der Waals surface area contributed by atoms with Gasteiger partial charge in [0.25, 0.3) is 0 Å². The Morgan fingerprint density at radius 3 is 1.64 bits per heavy atom. The Labute approximate surface area is 106 Å². The van der Waals surface area contributed by atoms with Gasteiger partial charge in [0.1, 0.15) is 0 Å². The SMILES string of the molecule is [I].c1cc[c]([Fe][c]2ccccn2)nc1. The minimum absolute atomic E-state index is 0. The van der Waals surface area contributed by atoms with Crippen LogP contribution in [0.25, 0.3) is 0 Å². The summed E-state index contributed by atoms with van der Waals surface area (Å²) in [6.07, 6.45) is 3.61. The van der Waals surface area contributed by atoms with Gasteiger partial charge in [-0.3, -0.25) is 0 Å². The van der Waals surface area contributed by atoms with Gasteiger partial charge in [0.15, 0.2) is 0 Å². The predicted octanol–water partition coefficient (Wildman–Crippen LogP) is 1.40. The molecule has 0 atom stereocenters. The summed E-state index contributed by atoms with van der Waals surface area (Å²) in [5.41, 5.74) is 0. The van der Waals surface area contributed by atoms with E-state index < -0.39 is 0 Å². The maximum absolute atomic E-state index is 4.23. The second-order valence-corrected chi connectivity index (χ2v) is 3.78. The molecule has 0 bridgehead atoms. The third-order valence-corrected chi connectivity index (χ3v) is 2.64. The van der Waals surface area contributed by atoms with Crippen LogP contribution in [0.15, 0.2) is 48.8 Å². The number of hydrogen-bond donors (Lipinski definition) is 0. The zero-order valence-corrected chi connectivity index (χ0v) is 10.5. The molecular formula is C10H8FeIN2. The molecule has 0 spiro atoms. The van der Waals surface area contributed by atoms with E-state index in [4.69, 9.17) is 0 Å². The molecule has 14 heavy (non-hydrogen) atoms. The van der Waals surface area contributed by atoms with Crippen molar-refractivity contribution in [1.82, 2.24) is 9.97 Å². The van der Waals surface area contributed by atoms with Gasteiger partial charge in [0, 0.05) is 24.0 Å². The van der Waals surface area contributed by atoms with E-state index in [1.54, 1.807) is 12.4 Å². The van der Waals surface area contributed by atoms with Gasteiger partial charge < -0.3 is 0 Å². The van der Waals surface area contributed by atoms with Crippen molar-refractivity contribution >= 4 is 33.2 Å². The first kappa shape index (κ1) is 11.6. The Morgan fingerprint density at radius 2 is 1.29 bits per heavy atom. The number of halogens is 1. The van der Waals surface area contributed by atoms with E-state index in [2.05, 4.69) is 9.97 Å². The monoisotopic (exact) mass is 339 g/mol. The summed E-state index contributed by atoms with van der Waals surface area (Å²) >= 11 is 0.807. The van der Waals surface area contributed by atoms with Gasteiger partial charge >= 0.3 is 82.9 Å². The molecule has 0 fully saturated rings. The summed E-state index contributed by atoms with van der Waals surface area (Å²) in [5.74, 6) is 0. The minimum atomic E-state index is 0. The fourth-order valence-electron chi connectivity index (χ4n) is 0.873. The first-order valence-corrected chi connectivity index (χ1v) is 5.00. The van der Waals surface area contributed by atoms with Gasteiger partial charge in [-0.2, -0.15) is 0 Å². The Balaban J connectivity index is 0.000000980. The summed E-state index contributed by atoms with van der Waals surface area (Å²) in [6.45, 7) is 0. The molecule has 0 aliphatic heterocycles. The van der Waals surface area contributed by atoms with Gasteiger partial charge in [-0.15, -0.1) is 0 Å². The molecular weight excluding hydrogens is 331 g/mol. The van der Waals surface area contributed by atoms with Crippen LogP contribution in [-0.2, 0) is 15.0 Å². The van der Waals surface area contributed by atoms with E-state index in [1.807, 2.05) is 36.4 Å². The third-order valence-electron chi connectivity index (χ3n) is 1.42. The molecule has 0 amide bonds. The van der Waals surface area contributed by atoms with Crippen molar-refractivity contribution in [3.63, 3.8) is 0 Å². The Hall–Kier alpha value is -0.451. The molecule has 2 heterocycles. The zero-order valence-electron chi connectivity index (χ0n) is 7.24. The van der Waals surface area contributed by atoms with E-state index >= 15 is 0 Å². The van der Waals surface area contributed by atoms with Crippen LogP contribution in [-0.4, -0.2) is 9.97 Å². The first-order chi connectivity index (χ1) is 6.45. The first-order valence-electron chi connectivity index (χ1n) is 3.89. The molecule has 2 aromatic rings. The molecule has 0 N–H and O–H groups in total. The Bertz CT molecular complexity index is 329. The molecule has 0 aliphatic rings. The Kier molecular flexibility index (Phi) is 5.07. The molecule has 1 radical (unpaired) electrons. The van der Waals surface area contributed by atoms with Gasteiger partial charge in [0.2, 0.25) is 0 Å². The van der Waals surface area contributed by atoms with Crippen LogP contribution in [0, 0.1) is 0 Å². The average molecular weight is 339 g/mol. The molecule has 4 heteroatoms. The topological polar surface area (TPSA) is 25.8 Å². The summed E-state index contributed by atoms with van der Waals surface area (Å²) in [4.78, 5) is 8.47. The van der Waals surface area contributed by atoms with Crippen LogP contribution in [0.5, 0.6) is 0 Å². The molecule has 73 valence electrons. The van der Waals surface area contributed by atoms with Gasteiger partial charge in [-0.05, 0) is 0 Å². The van der Waals surface area contributed by atoms with Crippen molar-refractivity contribution in [3.8, 4) is 0 Å². The predicted molar refractivity (Wildman–Crippen MR) is 61.8 cm³/mol. The van der Waals surface area contributed by atoms with Crippen LogP contribution in [0.2, 0.25) is 0 Å². The third kappa shape index (κ3) is 3.36. The normalized spacial score (nSPS) is 9.43. The number of aromatic nitrogens is 2. The summed E-state index contributed by atoms with van der Waals surface area (Å²) in [5, 5.41) is 0. The molecule has 0 aromatic carbocycles. The van der Waals surface area contributed by atoms with Crippen molar-refractivity contribution in [2.75, 3.05) is 0 Å². The number of rotatable bonds is 2. The van der Waals surface area contributed by atoms with Crippen LogP contribution in [0.1, 0.15) is 0 Å². The maximum atomic E-state index is 4.23. The molecule has 2 aromatic heterocycles. The average Bonchev–Trinajstić information content (AvgIpc) is 2.21. The van der Waals surface area contributed by atoms with E-state index in [0.717, 1.165) is 24.1 Å². The molecule has 2 nitrogen and oxygen atoms in total. The van der Waals surface area contributed by atoms with Crippen molar-refractivity contribution < 1.29 is 15.0 Å². The number of nitrogens with zero attached hydrogens (tertiary/aromatic N) is 2. The van der Waals surface area contributed by atoms with E-state index in [1.165, 1.54) is 0 Å². The summed E-state index contributed by atoms with van der Waals surface area (Å²) in [7, 11) is 0. The van der Waals surface area contributed by atoms with Crippen LogP contribution < -0.4 is 9.18 Å². The molecule has 0 saturated heterocycles. The second kappa shape index (κ2) is 6.11. The molecule has 0 aliphatic carbocycles. The number of pyridine rings is 2. The molecule has 0 saturated carbocycles. The Morgan fingerprint density at radius 1 is 0.786 bits per heavy atom. The molecule has 2 rings (SSSR count). The van der Waals surface area contributed by atoms with Crippen LogP contribution in [0.3, 0.4) is 0 Å². The van der Waals surface area contributed by atoms with Crippen molar-refractivity contribution in [2.24, 2.45) is 0 Å². The van der Waals surface area contributed by atoms with Crippen LogP contribution >= 0.6 is 24.0 Å². The summed E-state index contributed by atoms with van der Waals surface area (Å²) in [6, 6.07) is 11.8. The zero-order chi connectivity index (χ0) is 8.93. The van der Waals surface area contributed by atoms with Crippen molar-refractivity contribution in [3.05, 3.63) is 48.8 Å². The number of hydrogen-bond acceptors (Lipinski definition) is 2. The quantitative estimate of drug-likeness (QED) is 0.611. The molecule has 0 unspecified atom stereocenters. The van der Waals surface area contributed by atoms with Gasteiger partial charge in [-0.1, -0.05) is 0 Å². The van der Waals surface area contributed by atoms with E-state index in [0.29, 0.717) is 0 Å². The summed E-state index contributed by atoms with van der Waals surface area (Å²) < 4.78 is 2.11. The van der Waals surface area contributed by atoms with Crippen LogP contribution in [0.4, 0.5) is 0 Å². The second-order valence-electron chi connectivity index (χ2n) is 2.37. The van der Waals surface area contributed by atoms with E-state index in [9.17, 15) is 0 Å². The van der Waals surface area contributed by atoms with Gasteiger partial charge in [0.05, 0.1) is 0 Å². The fourth-order valence-corrected chi connectivity index (χ4v) is 1.87. The van der Waals surface area contributed by atoms with Crippen molar-refractivity contribution in [2.45, 2.75) is 0 Å².